The van der Waals surface area contributed by atoms with Crippen LogP contribution in [0.3, 0.4) is 0 Å². The van der Waals surface area contributed by atoms with Gasteiger partial charge < -0.3 is 5.32 Å². The highest BCUT2D eigenvalue weighted by Gasteiger charge is 2.20. The van der Waals surface area contributed by atoms with E-state index in [0.29, 0.717) is 5.56 Å². The first kappa shape index (κ1) is 15.6. The summed E-state index contributed by atoms with van der Waals surface area (Å²) in [6.45, 7) is 8.71. The predicted octanol–water partition coefficient (Wildman–Crippen LogP) is 3.63. The summed E-state index contributed by atoms with van der Waals surface area (Å²) in [5.41, 5.74) is 4.37. The number of aromatic nitrogens is 2. The first-order valence-electron chi connectivity index (χ1n) is 7.33. The molecule has 1 heterocycles. The normalized spacial score (nSPS) is 12.4. The molecular weight excluding hydrogens is 265 g/mol. The van der Waals surface area contributed by atoms with Crippen LogP contribution in [-0.4, -0.2) is 16.7 Å². The van der Waals surface area contributed by atoms with E-state index >= 15 is 0 Å². The first-order chi connectivity index (χ1) is 10.0. The van der Waals surface area contributed by atoms with Gasteiger partial charge in [0.15, 0.2) is 0 Å². The Morgan fingerprint density at radius 2 is 1.86 bits per heavy atom. The van der Waals surface area contributed by atoms with Gasteiger partial charge in [0, 0.05) is 5.56 Å². The summed E-state index contributed by atoms with van der Waals surface area (Å²) in [6.07, 6.45) is 0.987. The predicted molar refractivity (Wildman–Crippen MR) is 82.8 cm³/mol. The molecule has 3 nitrogen and oxygen atoms in total. The number of hydrogen-bond acceptors (Lipinski definition) is 3. The van der Waals surface area contributed by atoms with Crippen molar-refractivity contribution in [3.8, 4) is 0 Å². The number of halogens is 1. The third-order valence-corrected chi connectivity index (χ3v) is 3.51. The molecule has 2 rings (SSSR count). The second-order valence-electron chi connectivity index (χ2n) is 5.44. The molecule has 1 aromatic carbocycles. The summed E-state index contributed by atoms with van der Waals surface area (Å²) in [6, 6.07) is 7.01. The van der Waals surface area contributed by atoms with Gasteiger partial charge in [-0.15, -0.1) is 0 Å². The molecule has 1 aromatic heterocycles. The Morgan fingerprint density at radius 1 is 1.10 bits per heavy atom. The van der Waals surface area contributed by atoms with E-state index in [-0.39, 0.29) is 11.9 Å². The molecule has 0 radical (unpaired) electrons. The van der Waals surface area contributed by atoms with Crippen molar-refractivity contribution in [3.63, 3.8) is 0 Å². The molecule has 1 unspecified atom stereocenters. The van der Waals surface area contributed by atoms with Crippen LogP contribution in [0.15, 0.2) is 24.3 Å². The van der Waals surface area contributed by atoms with Gasteiger partial charge in [-0.05, 0) is 51.4 Å². The number of benzene rings is 1. The standard InChI is InChI=1S/C17H22FN3/c1-5-8-19-17(14-10-12(3)20-21-13(14)4)15-9-11(2)6-7-16(15)18/h6-7,9-10,17,19H,5,8H2,1-4H3. The van der Waals surface area contributed by atoms with Crippen LogP contribution < -0.4 is 5.32 Å². The second-order valence-corrected chi connectivity index (χ2v) is 5.44. The van der Waals surface area contributed by atoms with Crippen LogP contribution in [0, 0.1) is 26.6 Å². The zero-order valence-electron chi connectivity index (χ0n) is 13.1. The molecule has 1 atom stereocenters. The molecule has 112 valence electrons. The maximum absolute atomic E-state index is 14.3. The van der Waals surface area contributed by atoms with Crippen LogP contribution in [0.25, 0.3) is 0 Å². The Labute approximate surface area is 125 Å². The van der Waals surface area contributed by atoms with Gasteiger partial charge >= 0.3 is 0 Å². The van der Waals surface area contributed by atoms with E-state index in [0.717, 1.165) is 35.5 Å². The molecule has 0 aliphatic carbocycles. The van der Waals surface area contributed by atoms with Gasteiger partial charge in [-0.3, -0.25) is 0 Å². The van der Waals surface area contributed by atoms with Crippen molar-refractivity contribution in [2.24, 2.45) is 0 Å². The molecule has 0 fully saturated rings. The second kappa shape index (κ2) is 6.76. The van der Waals surface area contributed by atoms with E-state index in [2.05, 4.69) is 22.4 Å². The van der Waals surface area contributed by atoms with Gasteiger partial charge in [0.2, 0.25) is 0 Å². The van der Waals surface area contributed by atoms with E-state index in [4.69, 9.17) is 0 Å². The summed E-state index contributed by atoms with van der Waals surface area (Å²) in [7, 11) is 0. The van der Waals surface area contributed by atoms with Crippen molar-refractivity contribution in [2.45, 2.75) is 40.2 Å². The Hall–Kier alpha value is -1.81. The molecule has 0 spiro atoms. The molecule has 0 amide bonds. The molecule has 4 heteroatoms. The van der Waals surface area contributed by atoms with Gasteiger partial charge in [0.05, 0.1) is 17.4 Å². The van der Waals surface area contributed by atoms with Crippen molar-refractivity contribution >= 4 is 0 Å². The fourth-order valence-electron chi connectivity index (χ4n) is 2.42. The van der Waals surface area contributed by atoms with Crippen molar-refractivity contribution < 1.29 is 4.39 Å². The van der Waals surface area contributed by atoms with Crippen molar-refractivity contribution in [3.05, 3.63) is 58.2 Å². The fraction of sp³-hybridized carbons (Fsp3) is 0.412. The highest BCUT2D eigenvalue weighted by atomic mass is 19.1. The smallest absolute Gasteiger partial charge is 0.128 e. The third-order valence-electron chi connectivity index (χ3n) is 3.51. The molecule has 0 bridgehead atoms. The minimum atomic E-state index is -0.195. The Balaban J connectivity index is 2.52. The van der Waals surface area contributed by atoms with Crippen LogP contribution in [0.1, 0.15) is 47.5 Å². The highest BCUT2D eigenvalue weighted by Crippen LogP contribution is 2.27. The molecule has 0 aliphatic heterocycles. The van der Waals surface area contributed by atoms with E-state index in [1.165, 1.54) is 6.07 Å². The summed E-state index contributed by atoms with van der Waals surface area (Å²) in [5.74, 6) is -0.192. The molecule has 0 saturated heterocycles. The Bertz CT molecular complexity index is 574. The zero-order valence-corrected chi connectivity index (χ0v) is 13.1. The maximum atomic E-state index is 14.3. The molecule has 0 saturated carbocycles. The lowest BCUT2D eigenvalue weighted by Crippen LogP contribution is -2.25. The van der Waals surface area contributed by atoms with Gasteiger partial charge in [0.25, 0.3) is 0 Å². The Morgan fingerprint density at radius 3 is 2.57 bits per heavy atom. The van der Waals surface area contributed by atoms with E-state index < -0.39 is 0 Å². The lowest BCUT2D eigenvalue weighted by Gasteiger charge is -2.22. The summed E-state index contributed by atoms with van der Waals surface area (Å²) < 4.78 is 14.3. The van der Waals surface area contributed by atoms with Gasteiger partial charge in [-0.2, -0.15) is 10.2 Å². The summed E-state index contributed by atoms with van der Waals surface area (Å²) in [4.78, 5) is 0. The largest absolute Gasteiger partial charge is 0.306 e. The van der Waals surface area contributed by atoms with E-state index in [1.54, 1.807) is 6.07 Å². The number of nitrogens with one attached hydrogen (secondary N) is 1. The number of rotatable bonds is 5. The maximum Gasteiger partial charge on any atom is 0.128 e. The quantitative estimate of drug-likeness (QED) is 0.912. The number of nitrogens with zero attached hydrogens (tertiary/aromatic N) is 2. The molecule has 1 N–H and O–H groups in total. The van der Waals surface area contributed by atoms with Gasteiger partial charge in [-0.1, -0.05) is 24.6 Å². The average Bonchev–Trinajstić information content (AvgIpc) is 2.46. The molecule has 21 heavy (non-hydrogen) atoms. The highest BCUT2D eigenvalue weighted by molar-refractivity contribution is 5.37. The van der Waals surface area contributed by atoms with Crippen molar-refractivity contribution in [1.29, 1.82) is 0 Å². The molecule has 2 aromatic rings. The van der Waals surface area contributed by atoms with E-state index in [1.807, 2.05) is 32.9 Å². The lowest BCUT2D eigenvalue weighted by molar-refractivity contribution is 0.542. The minimum absolute atomic E-state index is 0.192. The summed E-state index contributed by atoms with van der Waals surface area (Å²) >= 11 is 0. The van der Waals surface area contributed by atoms with Crippen LogP contribution in [0.4, 0.5) is 4.39 Å². The first-order valence-corrected chi connectivity index (χ1v) is 7.33. The summed E-state index contributed by atoms with van der Waals surface area (Å²) in [5, 5.41) is 11.7. The van der Waals surface area contributed by atoms with Crippen LogP contribution in [0.2, 0.25) is 0 Å². The average molecular weight is 287 g/mol. The number of hydrogen-bond donors (Lipinski definition) is 1. The number of aryl methyl sites for hydroxylation is 3. The SMILES string of the molecule is CCCNC(c1cc(C)ccc1F)c1cc(C)nnc1C. The zero-order chi connectivity index (χ0) is 15.4. The fourth-order valence-corrected chi connectivity index (χ4v) is 2.42. The van der Waals surface area contributed by atoms with Crippen molar-refractivity contribution in [2.75, 3.05) is 6.54 Å². The van der Waals surface area contributed by atoms with Gasteiger partial charge in [-0.25, -0.2) is 4.39 Å². The third kappa shape index (κ3) is 3.64. The van der Waals surface area contributed by atoms with Crippen LogP contribution in [0.5, 0.6) is 0 Å². The van der Waals surface area contributed by atoms with Crippen molar-refractivity contribution in [1.82, 2.24) is 15.5 Å². The monoisotopic (exact) mass is 287 g/mol. The Kier molecular flexibility index (Phi) is 5.02. The molecular formula is C17H22FN3. The van der Waals surface area contributed by atoms with Crippen LogP contribution in [-0.2, 0) is 0 Å². The van der Waals surface area contributed by atoms with Crippen LogP contribution >= 0.6 is 0 Å². The van der Waals surface area contributed by atoms with Gasteiger partial charge in [0.1, 0.15) is 5.82 Å². The molecule has 0 aliphatic rings. The minimum Gasteiger partial charge on any atom is -0.306 e. The lowest BCUT2D eigenvalue weighted by atomic mass is 9.95. The topological polar surface area (TPSA) is 37.8 Å². The van der Waals surface area contributed by atoms with E-state index in [9.17, 15) is 4.39 Å².